The summed E-state index contributed by atoms with van der Waals surface area (Å²) in [5, 5.41) is 0.654. The molecule has 0 aliphatic heterocycles. The highest BCUT2D eigenvalue weighted by Crippen LogP contribution is 2.42. The summed E-state index contributed by atoms with van der Waals surface area (Å²) in [5.74, 6) is -2.44. The number of allylic oxidation sites excluding steroid dienone is 1. The zero-order valence-electron chi connectivity index (χ0n) is 33.2. The van der Waals surface area contributed by atoms with E-state index in [2.05, 4.69) is 13.2 Å². The van der Waals surface area contributed by atoms with Crippen LogP contribution in [0.15, 0.2) is 116 Å². The van der Waals surface area contributed by atoms with E-state index >= 15 is 0 Å². The Morgan fingerprint density at radius 3 is 1.48 bits per heavy atom. The molecule has 0 N–H and O–H groups in total. The van der Waals surface area contributed by atoms with Gasteiger partial charge in [0, 0.05) is 18.1 Å². The fraction of sp³-hybridized carbons (Fsp3) is 0.271. The second kappa shape index (κ2) is 19.6. The molecule has 0 atom stereocenters. The number of carbonyl (C=O) groups excluding carboxylic acids is 6. The average Bonchev–Trinajstić information content (AvgIpc) is 3.75. The van der Waals surface area contributed by atoms with Gasteiger partial charge in [0.1, 0.15) is 32.5 Å². The standard InChI is InChI=1S/C48H43NO11S/c1-3-35(50)28-29-10-20-37(21-11-29)57-45(52)31-12-16-33(17-13-31)47(54)59-39-26-27-40(43-42(39)49-44(61-43)30-8-6-5-7-9-30)60-48(55)34-18-14-32(15-19-34)46(53)58-38-24-22-36(23-25-38)56-41(51)4-2/h3-11,20-27,31-34H,1-2,12-19,28H2/t31-,32-,33-,34-. The van der Waals surface area contributed by atoms with Crippen molar-refractivity contribution in [1.82, 2.24) is 4.98 Å². The molecule has 4 aromatic carbocycles. The molecule has 312 valence electrons. The minimum atomic E-state index is -0.596. The van der Waals surface area contributed by atoms with E-state index in [0.717, 1.165) is 17.2 Å². The maximum absolute atomic E-state index is 13.6. The molecule has 0 radical (unpaired) electrons. The molecule has 1 heterocycles. The molecule has 2 aliphatic carbocycles. The third-order valence-corrected chi connectivity index (χ3v) is 12.0. The Hall–Kier alpha value is -6.73. The molecular formula is C48H43NO11S. The smallest absolute Gasteiger partial charge is 0.335 e. The van der Waals surface area contributed by atoms with Gasteiger partial charge in [-0.05, 0) is 112 Å². The number of nitrogens with zero attached hydrogens (tertiary/aromatic N) is 1. The maximum atomic E-state index is 13.6. The van der Waals surface area contributed by atoms with Crippen LogP contribution in [0.25, 0.3) is 20.8 Å². The third-order valence-electron chi connectivity index (χ3n) is 10.9. The minimum Gasteiger partial charge on any atom is -0.426 e. The molecule has 7 rings (SSSR count). The number of rotatable bonds is 14. The van der Waals surface area contributed by atoms with Crippen LogP contribution in [0.1, 0.15) is 56.9 Å². The Kier molecular flexibility index (Phi) is 13.6. The molecule has 0 saturated heterocycles. The molecule has 5 aromatic rings. The molecule has 0 amide bonds. The largest absolute Gasteiger partial charge is 0.426 e. The lowest BCUT2D eigenvalue weighted by Crippen LogP contribution is -2.30. The van der Waals surface area contributed by atoms with E-state index in [1.807, 2.05) is 30.3 Å². The lowest BCUT2D eigenvalue weighted by molar-refractivity contribution is -0.145. The van der Waals surface area contributed by atoms with Crippen LogP contribution in [0.2, 0.25) is 0 Å². The molecule has 0 spiro atoms. The molecule has 13 heteroatoms. The molecule has 0 bridgehead atoms. The predicted molar refractivity (Wildman–Crippen MR) is 226 cm³/mol. The molecule has 61 heavy (non-hydrogen) atoms. The summed E-state index contributed by atoms with van der Waals surface area (Å²) in [7, 11) is 0. The molecule has 0 unspecified atom stereocenters. The lowest BCUT2D eigenvalue weighted by Gasteiger charge is -2.26. The van der Waals surface area contributed by atoms with Gasteiger partial charge < -0.3 is 23.7 Å². The van der Waals surface area contributed by atoms with Crippen molar-refractivity contribution in [2.24, 2.45) is 23.7 Å². The Labute approximate surface area is 356 Å². The van der Waals surface area contributed by atoms with Crippen LogP contribution in [-0.2, 0) is 35.2 Å². The van der Waals surface area contributed by atoms with E-state index in [-0.39, 0.29) is 29.8 Å². The van der Waals surface area contributed by atoms with Gasteiger partial charge >= 0.3 is 29.8 Å². The first-order chi connectivity index (χ1) is 29.6. The zero-order chi connectivity index (χ0) is 42.9. The second-order valence-electron chi connectivity index (χ2n) is 15.0. The van der Waals surface area contributed by atoms with Crippen LogP contribution >= 0.6 is 11.3 Å². The van der Waals surface area contributed by atoms with Gasteiger partial charge in [0.05, 0.1) is 23.7 Å². The van der Waals surface area contributed by atoms with E-state index in [9.17, 15) is 28.8 Å². The molecular weight excluding hydrogens is 799 g/mol. The first-order valence-corrected chi connectivity index (χ1v) is 20.9. The van der Waals surface area contributed by atoms with Crippen molar-refractivity contribution >= 4 is 57.2 Å². The van der Waals surface area contributed by atoms with Gasteiger partial charge in [-0.1, -0.05) is 55.6 Å². The fourth-order valence-electron chi connectivity index (χ4n) is 7.42. The van der Waals surface area contributed by atoms with Crippen LogP contribution in [0.5, 0.6) is 28.7 Å². The number of hydrogen-bond donors (Lipinski definition) is 0. The summed E-state index contributed by atoms with van der Waals surface area (Å²) < 4.78 is 28.8. The monoisotopic (exact) mass is 841 g/mol. The summed E-state index contributed by atoms with van der Waals surface area (Å²) in [5.41, 5.74) is 2.03. The summed E-state index contributed by atoms with van der Waals surface area (Å²) in [6, 6.07) is 25.6. The SMILES string of the molecule is C=CC(=O)Cc1ccc(OC(=O)[C@H]2CC[C@H](C(=O)Oc3ccc(OC(=O)[C@H]4CC[C@H](C(=O)Oc5ccc(OC(=O)C=C)cc5)CC4)c4sc(-c5ccccc5)nc34)CC2)cc1. The van der Waals surface area contributed by atoms with Crippen LogP contribution in [0, 0.1) is 23.7 Å². The quantitative estimate of drug-likeness (QED) is 0.0594. The number of benzene rings is 4. The molecule has 1 aromatic heterocycles. The van der Waals surface area contributed by atoms with Gasteiger partial charge in [-0.25, -0.2) is 9.78 Å². The van der Waals surface area contributed by atoms with Crippen molar-refractivity contribution in [3.63, 3.8) is 0 Å². The highest BCUT2D eigenvalue weighted by Gasteiger charge is 2.34. The lowest BCUT2D eigenvalue weighted by atomic mass is 9.82. The van der Waals surface area contributed by atoms with Crippen molar-refractivity contribution in [2.75, 3.05) is 0 Å². The van der Waals surface area contributed by atoms with Crippen molar-refractivity contribution < 1.29 is 52.5 Å². The number of ketones is 1. The van der Waals surface area contributed by atoms with Crippen molar-refractivity contribution in [2.45, 2.75) is 57.8 Å². The van der Waals surface area contributed by atoms with Gasteiger partial charge in [0.2, 0.25) is 0 Å². The topological polar surface area (TPSA) is 161 Å². The second-order valence-corrected chi connectivity index (χ2v) is 16.0. The summed E-state index contributed by atoms with van der Waals surface area (Å²) in [6.45, 7) is 6.85. The van der Waals surface area contributed by atoms with Gasteiger partial charge in [-0.3, -0.25) is 24.0 Å². The summed E-state index contributed by atoms with van der Waals surface area (Å²) in [4.78, 5) is 81.0. The van der Waals surface area contributed by atoms with Crippen LogP contribution in [0.3, 0.4) is 0 Å². The van der Waals surface area contributed by atoms with E-state index in [1.165, 1.54) is 41.7 Å². The van der Waals surface area contributed by atoms with E-state index in [1.54, 1.807) is 36.4 Å². The number of fused-ring (bicyclic) bond motifs is 1. The van der Waals surface area contributed by atoms with E-state index in [4.69, 9.17) is 28.7 Å². The Morgan fingerprint density at radius 1 is 0.541 bits per heavy atom. The number of aromatic nitrogens is 1. The van der Waals surface area contributed by atoms with Crippen LogP contribution in [-0.4, -0.2) is 40.6 Å². The number of ether oxygens (including phenoxy) is 5. The Balaban J connectivity index is 0.954. The number of thiazole rings is 1. The normalized spacial score (nSPS) is 18.6. The molecule has 2 saturated carbocycles. The molecule has 2 aliphatic rings. The molecule has 2 fully saturated rings. The summed E-state index contributed by atoms with van der Waals surface area (Å²) >= 11 is 1.32. The van der Waals surface area contributed by atoms with Crippen LogP contribution in [0.4, 0.5) is 0 Å². The van der Waals surface area contributed by atoms with E-state index in [0.29, 0.717) is 89.6 Å². The first-order valence-electron chi connectivity index (χ1n) is 20.1. The zero-order valence-corrected chi connectivity index (χ0v) is 34.1. The maximum Gasteiger partial charge on any atom is 0.335 e. The number of esters is 5. The number of hydrogen-bond acceptors (Lipinski definition) is 13. The Bertz CT molecular complexity index is 2290. The van der Waals surface area contributed by atoms with Crippen LogP contribution < -0.4 is 23.7 Å². The molecule has 12 nitrogen and oxygen atoms in total. The van der Waals surface area contributed by atoms with Crippen molar-refractivity contribution in [3.05, 3.63) is 122 Å². The highest BCUT2D eigenvalue weighted by molar-refractivity contribution is 7.22. The predicted octanol–water partition coefficient (Wildman–Crippen LogP) is 8.99. The summed E-state index contributed by atoms with van der Waals surface area (Å²) in [6.07, 6.45) is 6.07. The number of carbonyl (C=O) groups is 6. The highest BCUT2D eigenvalue weighted by atomic mass is 32.1. The van der Waals surface area contributed by atoms with Crippen molar-refractivity contribution in [3.8, 4) is 39.3 Å². The van der Waals surface area contributed by atoms with E-state index < -0.39 is 41.6 Å². The van der Waals surface area contributed by atoms with Gasteiger partial charge in [0.15, 0.2) is 17.3 Å². The third kappa shape index (κ3) is 10.7. The average molecular weight is 842 g/mol. The van der Waals surface area contributed by atoms with Gasteiger partial charge in [-0.2, -0.15) is 0 Å². The minimum absolute atomic E-state index is 0.0986. The van der Waals surface area contributed by atoms with Gasteiger partial charge in [0.25, 0.3) is 0 Å². The van der Waals surface area contributed by atoms with Crippen molar-refractivity contribution in [1.29, 1.82) is 0 Å². The van der Waals surface area contributed by atoms with Gasteiger partial charge in [-0.15, -0.1) is 11.3 Å². The Morgan fingerprint density at radius 2 is 0.984 bits per heavy atom. The first kappa shape index (κ1) is 42.4. The fourth-order valence-corrected chi connectivity index (χ4v) is 8.46.